The van der Waals surface area contributed by atoms with Crippen molar-refractivity contribution in [1.29, 1.82) is 0 Å². The summed E-state index contributed by atoms with van der Waals surface area (Å²) in [5, 5.41) is 0.578. The second kappa shape index (κ2) is 7.63. The first-order valence-corrected chi connectivity index (χ1v) is 12.1. The number of hydrogen-bond acceptors (Lipinski definition) is 5. The van der Waals surface area contributed by atoms with Gasteiger partial charge in [-0.1, -0.05) is 66.0 Å². The molecule has 3 aliphatic rings. The van der Waals surface area contributed by atoms with Gasteiger partial charge in [-0.05, 0) is 42.4 Å². The average molecular weight is 458 g/mol. The van der Waals surface area contributed by atoms with Crippen molar-refractivity contribution in [2.24, 2.45) is 23.7 Å². The second-order valence-corrected chi connectivity index (χ2v) is 10.2. The van der Waals surface area contributed by atoms with E-state index in [0.29, 0.717) is 11.7 Å². The molecule has 3 amide bonds. The van der Waals surface area contributed by atoms with E-state index in [1.165, 1.54) is 16.2 Å². The average Bonchev–Trinajstić information content (AvgIpc) is 3.59. The third-order valence-corrected chi connectivity index (χ3v) is 8.22. The minimum atomic E-state index is -0.298. The molecule has 2 aliphatic carbocycles. The molecule has 1 saturated heterocycles. The van der Waals surface area contributed by atoms with Crippen LogP contribution in [0.2, 0.25) is 0 Å². The number of amides is 3. The molecule has 2 bridgehead atoms. The fraction of sp³-hybridized carbons (Fsp3) is 0.308. The molecular weight excluding hydrogens is 434 g/mol. The number of benzene rings is 2. The summed E-state index contributed by atoms with van der Waals surface area (Å²) in [4.78, 5) is 47.4. The molecule has 2 heterocycles. The van der Waals surface area contributed by atoms with E-state index in [4.69, 9.17) is 4.98 Å². The molecule has 2 fully saturated rings. The van der Waals surface area contributed by atoms with Crippen LogP contribution in [0.3, 0.4) is 0 Å². The van der Waals surface area contributed by atoms with E-state index in [-0.39, 0.29) is 47.9 Å². The Morgan fingerprint density at radius 2 is 1.73 bits per heavy atom. The van der Waals surface area contributed by atoms with Crippen LogP contribution in [-0.2, 0) is 20.9 Å². The number of fused-ring (bicyclic) bond motifs is 6. The first-order chi connectivity index (χ1) is 16.0. The van der Waals surface area contributed by atoms with Crippen LogP contribution in [0.25, 0.3) is 10.2 Å². The molecule has 2 aromatic carbocycles. The van der Waals surface area contributed by atoms with Gasteiger partial charge in [0, 0.05) is 0 Å². The zero-order valence-corrected chi connectivity index (χ0v) is 19.0. The predicted molar refractivity (Wildman–Crippen MR) is 126 cm³/mol. The Morgan fingerprint density at radius 3 is 2.39 bits per heavy atom. The van der Waals surface area contributed by atoms with Crippen LogP contribution in [0.4, 0.5) is 5.13 Å². The van der Waals surface area contributed by atoms with E-state index in [1.54, 1.807) is 4.90 Å². The number of aryl methyl sites for hydroxylation is 1. The Hall–Kier alpha value is -3.32. The van der Waals surface area contributed by atoms with Gasteiger partial charge in [0.2, 0.25) is 17.7 Å². The number of hydrogen-bond donors (Lipinski definition) is 0. The Labute approximate surface area is 195 Å². The molecule has 1 aromatic heterocycles. The summed E-state index contributed by atoms with van der Waals surface area (Å²) in [5.74, 6) is -1.03. The summed E-state index contributed by atoms with van der Waals surface area (Å²) in [5.41, 5.74) is 2.87. The number of nitrogens with zero attached hydrogens (tertiary/aromatic N) is 3. The monoisotopic (exact) mass is 457 g/mol. The topological polar surface area (TPSA) is 70.6 Å². The summed E-state index contributed by atoms with van der Waals surface area (Å²) in [6, 6.07) is 15.7. The predicted octanol–water partition coefficient (Wildman–Crippen LogP) is 3.95. The van der Waals surface area contributed by atoms with Gasteiger partial charge in [0.15, 0.2) is 5.13 Å². The van der Waals surface area contributed by atoms with Crippen molar-refractivity contribution < 1.29 is 14.4 Å². The molecule has 1 saturated carbocycles. The van der Waals surface area contributed by atoms with E-state index in [9.17, 15) is 14.4 Å². The van der Waals surface area contributed by atoms with E-state index in [2.05, 4.69) is 12.2 Å². The SMILES string of the molecule is Cc1cccc2sc(N(Cc3ccccc3)C(=O)CN3C(=O)[C@@H]4[C@H](C3=O)[C@H]3C=C[C@H]4C3)nc12. The third-order valence-electron chi connectivity index (χ3n) is 7.18. The van der Waals surface area contributed by atoms with Crippen LogP contribution in [0.15, 0.2) is 60.7 Å². The minimum Gasteiger partial charge on any atom is -0.282 e. The molecule has 6 nitrogen and oxygen atoms in total. The molecule has 6 rings (SSSR count). The first-order valence-electron chi connectivity index (χ1n) is 11.3. The molecule has 166 valence electrons. The number of anilines is 1. The van der Waals surface area contributed by atoms with Crippen LogP contribution in [0.1, 0.15) is 17.5 Å². The molecule has 0 N–H and O–H groups in total. The van der Waals surface area contributed by atoms with Crippen molar-refractivity contribution in [3.8, 4) is 0 Å². The van der Waals surface area contributed by atoms with Crippen molar-refractivity contribution in [3.63, 3.8) is 0 Å². The number of imide groups is 1. The summed E-state index contributed by atoms with van der Waals surface area (Å²) < 4.78 is 1.00. The van der Waals surface area contributed by atoms with Gasteiger partial charge in [0.05, 0.1) is 28.6 Å². The number of rotatable bonds is 5. The maximum atomic E-state index is 13.6. The minimum absolute atomic E-state index is 0.129. The molecule has 1 aliphatic heterocycles. The van der Waals surface area contributed by atoms with E-state index in [1.807, 2.05) is 55.5 Å². The lowest BCUT2D eigenvalue weighted by Gasteiger charge is -2.23. The molecule has 33 heavy (non-hydrogen) atoms. The Morgan fingerprint density at radius 1 is 1.03 bits per heavy atom. The fourth-order valence-electron chi connectivity index (χ4n) is 5.56. The van der Waals surface area contributed by atoms with Crippen molar-refractivity contribution in [2.75, 3.05) is 11.4 Å². The fourth-order valence-corrected chi connectivity index (χ4v) is 6.62. The largest absolute Gasteiger partial charge is 0.282 e. The van der Waals surface area contributed by atoms with Crippen LogP contribution in [0, 0.1) is 30.6 Å². The van der Waals surface area contributed by atoms with Gasteiger partial charge in [0.1, 0.15) is 6.54 Å². The number of aromatic nitrogens is 1. The molecular formula is C26H23N3O3S. The Bertz CT molecular complexity index is 1280. The zero-order valence-electron chi connectivity index (χ0n) is 18.2. The normalized spacial score (nSPS) is 25.3. The van der Waals surface area contributed by atoms with Crippen molar-refractivity contribution >= 4 is 44.4 Å². The maximum Gasteiger partial charge on any atom is 0.249 e. The Balaban J connectivity index is 1.31. The van der Waals surface area contributed by atoms with Gasteiger partial charge in [0.25, 0.3) is 0 Å². The standard InChI is InChI=1S/C26H23N3O3S/c1-15-6-5-9-19-23(15)27-26(33-19)28(13-16-7-3-2-4-8-16)20(30)14-29-24(31)21-17-10-11-18(12-17)22(21)25(29)32/h2-11,17-18,21-22H,12-14H2,1H3/t17-,18-,21-,22+/m0/s1. The zero-order chi connectivity index (χ0) is 22.7. The number of carbonyl (C=O) groups excluding carboxylic acids is 3. The van der Waals surface area contributed by atoms with Gasteiger partial charge in [-0.15, -0.1) is 0 Å². The highest BCUT2D eigenvalue weighted by atomic mass is 32.1. The second-order valence-electron chi connectivity index (χ2n) is 9.15. The molecule has 0 unspecified atom stereocenters. The number of allylic oxidation sites excluding steroid dienone is 2. The molecule has 0 spiro atoms. The smallest absolute Gasteiger partial charge is 0.249 e. The van der Waals surface area contributed by atoms with Gasteiger partial charge < -0.3 is 0 Å². The number of likely N-dealkylation sites (tertiary alicyclic amines) is 1. The van der Waals surface area contributed by atoms with Gasteiger partial charge >= 0.3 is 0 Å². The number of thiazole rings is 1. The maximum absolute atomic E-state index is 13.6. The summed E-state index contributed by atoms with van der Waals surface area (Å²) in [6.07, 6.45) is 5.00. The van der Waals surface area contributed by atoms with Crippen LogP contribution >= 0.6 is 11.3 Å². The van der Waals surface area contributed by atoms with Crippen molar-refractivity contribution in [1.82, 2.24) is 9.88 Å². The van der Waals surface area contributed by atoms with Gasteiger partial charge in [-0.3, -0.25) is 24.2 Å². The lowest BCUT2D eigenvalue weighted by molar-refractivity contribution is -0.143. The quantitative estimate of drug-likeness (QED) is 0.430. The lowest BCUT2D eigenvalue weighted by atomic mass is 9.85. The molecule has 3 aromatic rings. The van der Waals surface area contributed by atoms with Crippen LogP contribution in [-0.4, -0.2) is 34.2 Å². The van der Waals surface area contributed by atoms with Crippen LogP contribution in [0.5, 0.6) is 0 Å². The Kier molecular flexibility index (Phi) is 4.69. The number of para-hydroxylation sites is 1. The molecule has 0 radical (unpaired) electrons. The van der Waals surface area contributed by atoms with E-state index < -0.39 is 0 Å². The van der Waals surface area contributed by atoms with Crippen molar-refractivity contribution in [3.05, 3.63) is 71.8 Å². The lowest BCUT2D eigenvalue weighted by Crippen LogP contribution is -2.43. The van der Waals surface area contributed by atoms with E-state index in [0.717, 1.165) is 27.8 Å². The van der Waals surface area contributed by atoms with E-state index >= 15 is 0 Å². The molecule has 4 atom stereocenters. The van der Waals surface area contributed by atoms with Gasteiger partial charge in [-0.25, -0.2) is 4.98 Å². The third kappa shape index (κ3) is 3.22. The first kappa shape index (κ1) is 20.3. The van der Waals surface area contributed by atoms with Crippen molar-refractivity contribution in [2.45, 2.75) is 19.9 Å². The van der Waals surface area contributed by atoms with Crippen LogP contribution < -0.4 is 4.90 Å². The summed E-state index contributed by atoms with van der Waals surface area (Å²) >= 11 is 1.45. The molecule has 7 heteroatoms. The number of carbonyl (C=O) groups is 3. The highest BCUT2D eigenvalue weighted by molar-refractivity contribution is 7.22. The highest BCUT2D eigenvalue weighted by Gasteiger charge is 2.59. The van der Waals surface area contributed by atoms with Gasteiger partial charge in [-0.2, -0.15) is 0 Å². The summed E-state index contributed by atoms with van der Waals surface area (Å²) in [6.45, 7) is 2.08. The highest BCUT2D eigenvalue weighted by Crippen LogP contribution is 2.52. The summed E-state index contributed by atoms with van der Waals surface area (Å²) in [7, 11) is 0.